The highest BCUT2D eigenvalue weighted by Gasteiger charge is 2.18. The van der Waals surface area contributed by atoms with E-state index < -0.39 is 12.3 Å². The van der Waals surface area contributed by atoms with Crippen molar-refractivity contribution in [1.29, 1.82) is 0 Å². The van der Waals surface area contributed by atoms with Crippen LogP contribution in [0.4, 0.5) is 8.78 Å². The number of alkyl halides is 2. The number of rotatable bonds is 4. The van der Waals surface area contributed by atoms with E-state index >= 15 is 0 Å². The monoisotopic (exact) mass is 301 g/mol. The van der Waals surface area contributed by atoms with Gasteiger partial charge in [-0.15, -0.1) is 0 Å². The van der Waals surface area contributed by atoms with E-state index in [1.807, 2.05) is 39.0 Å². The molecule has 0 fully saturated rings. The molecule has 2 unspecified atom stereocenters. The van der Waals surface area contributed by atoms with Crippen LogP contribution >= 0.6 is 0 Å². The van der Waals surface area contributed by atoms with Crippen molar-refractivity contribution in [3.63, 3.8) is 0 Å². The third-order valence-electron chi connectivity index (χ3n) is 3.83. The highest BCUT2D eigenvalue weighted by molar-refractivity contribution is 5.69. The molecule has 0 N–H and O–H groups in total. The van der Waals surface area contributed by atoms with E-state index in [9.17, 15) is 8.78 Å². The molecule has 2 atom stereocenters. The number of aromatic nitrogens is 1. The number of hydrogen-bond donors (Lipinski definition) is 0. The van der Waals surface area contributed by atoms with E-state index in [4.69, 9.17) is 0 Å². The van der Waals surface area contributed by atoms with Crippen LogP contribution < -0.4 is 0 Å². The molecule has 0 aliphatic rings. The maximum absolute atomic E-state index is 13.9. The van der Waals surface area contributed by atoms with Crippen molar-refractivity contribution in [2.75, 3.05) is 0 Å². The van der Waals surface area contributed by atoms with Gasteiger partial charge in [-0.05, 0) is 62.1 Å². The Morgan fingerprint density at radius 3 is 2.50 bits per heavy atom. The molecule has 1 aromatic heterocycles. The zero-order chi connectivity index (χ0) is 16.3. The fourth-order valence-corrected chi connectivity index (χ4v) is 2.44. The lowest BCUT2D eigenvalue weighted by Gasteiger charge is -2.12. The van der Waals surface area contributed by atoms with E-state index in [1.165, 1.54) is 6.92 Å². The summed E-state index contributed by atoms with van der Waals surface area (Å²) in [6.07, 6.45) is 0.681. The summed E-state index contributed by atoms with van der Waals surface area (Å²) in [6, 6.07) is 8.97. The van der Waals surface area contributed by atoms with Gasteiger partial charge in [0.2, 0.25) is 0 Å². The molecule has 3 heteroatoms. The molecule has 1 nitrogen and oxygen atoms in total. The van der Waals surface area contributed by atoms with Gasteiger partial charge in [0.15, 0.2) is 6.17 Å². The van der Waals surface area contributed by atoms with Crippen LogP contribution in [0.1, 0.15) is 43.8 Å². The van der Waals surface area contributed by atoms with Crippen molar-refractivity contribution >= 4 is 5.57 Å². The van der Waals surface area contributed by atoms with Gasteiger partial charge >= 0.3 is 0 Å². The molecule has 0 saturated heterocycles. The number of benzene rings is 1. The molecule has 0 radical (unpaired) electrons. The van der Waals surface area contributed by atoms with Crippen molar-refractivity contribution in [2.45, 2.75) is 40.0 Å². The Hall–Kier alpha value is -2.03. The minimum atomic E-state index is -1.60. The summed E-state index contributed by atoms with van der Waals surface area (Å²) in [7, 11) is 0. The third-order valence-corrected chi connectivity index (χ3v) is 3.83. The van der Waals surface area contributed by atoms with Crippen molar-refractivity contribution in [3.05, 3.63) is 59.4 Å². The summed E-state index contributed by atoms with van der Waals surface area (Å²) in [5, 5.41) is 0. The van der Waals surface area contributed by atoms with Gasteiger partial charge in [-0.3, -0.25) is 4.98 Å². The van der Waals surface area contributed by atoms with E-state index in [2.05, 4.69) is 4.98 Å². The summed E-state index contributed by atoms with van der Waals surface area (Å²) >= 11 is 0. The Bertz CT molecular complexity index is 690. The summed E-state index contributed by atoms with van der Waals surface area (Å²) in [5.41, 5.74) is 5.26. The fourth-order valence-electron chi connectivity index (χ4n) is 2.44. The average molecular weight is 301 g/mol. The van der Waals surface area contributed by atoms with Gasteiger partial charge < -0.3 is 0 Å². The van der Waals surface area contributed by atoms with Crippen LogP contribution in [0.15, 0.2) is 42.6 Å². The van der Waals surface area contributed by atoms with Crippen LogP contribution in [0.25, 0.3) is 16.7 Å². The van der Waals surface area contributed by atoms with Crippen LogP contribution in [0.2, 0.25) is 0 Å². The number of allylic oxidation sites excluding steroid dienone is 2. The minimum absolute atomic E-state index is 0.360. The number of hydrogen-bond acceptors (Lipinski definition) is 1. The second-order valence-electron chi connectivity index (χ2n) is 5.57. The average Bonchev–Trinajstić information content (AvgIpc) is 2.53. The molecule has 1 aromatic carbocycles. The maximum Gasteiger partial charge on any atom is 0.156 e. The first-order chi connectivity index (χ1) is 10.4. The third kappa shape index (κ3) is 3.41. The van der Waals surface area contributed by atoms with Crippen LogP contribution in [0.3, 0.4) is 0 Å². The molecule has 22 heavy (non-hydrogen) atoms. The number of aryl methyl sites for hydroxylation is 1. The Balaban J connectivity index is 2.41. The predicted molar refractivity (Wildman–Crippen MR) is 88.2 cm³/mol. The Morgan fingerprint density at radius 1 is 1.18 bits per heavy atom. The van der Waals surface area contributed by atoms with E-state index in [0.29, 0.717) is 5.56 Å². The van der Waals surface area contributed by atoms with Crippen molar-refractivity contribution < 1.29 is 8.78 Å². The first-order valence-corrected chi connectivity index (χ1v) is 7.42. The lowest BCUT2D eigenvalue weighted by molar-refractivity contribution is 0.185. The zero-order valence-electron chi connectivity index (χ0n) is 13.4. The molecule has 0 aliphatic heterocycles. The molecule has 0 spiro atoms. The smallest absolute Gasteiger partial charge is 0.156 e. The maximum atomic E-state index is 13.9. The van der Waals surface area contributed by atoms with Gasteiger partial charge in [0, 0.05) is 11.8 Å². The molecular weight excluding hydrogens is 280 g/mol. The molecule has 0 saturated carbocycles. The van der Waals surface area contributed by atoms with E-state index in [-0.39, 0.29) is 0 Å². The lowest BCUT2D eigenvalue weighted by Crippen LogP contribution is -2.04. The molecule has 2 rings (SSSR count). The first kappa shape index (κ1) is 16.3. The van der Waals surface area contributed by atoms with Crippen LogP contribution in [0, 0.1) is 6.92 Å². The van der Waals surface area contributed by atoms with Gasteiger partial charge in [0.25, 0.3) is 0 Å². The lowest BCUT2D eigenvalue weighted by atomic mass is 9.98. The van der Waals surface area contributed by atoms with E-state index in [0.717, 1.165) is 28.0 Å². The summed E-state index contributed by atoms with van der Waals surface area (Å²) in [4.78, 5) is 4.50. The van der Waals surface area contributed by atoms with Gasteiger partial charge in [0.1, 0.15) is 6.17 Å². The molecule has 1 heterocycles. The first-order valence-electron chi connectivity index (χ1n) is 7.42. The second kappa shape index (κ2) is 6.82. The fraction of sp³-hybridized carbons (Fsp3) is 0.316. The van der Waals surface area contributed by atoms with Gasteiger partial charge in [-0.25, -0.2) is 8.78 Å². The molecule has 0 amide bonds. The highest BCUT2D eigenvalue weighted by atomic mass is 19.2. The quantitative estimate of drug-likeness (QED) is 0.690. The van der Waals surface area contributed by atoms with E-state index in [1.54, 1.807) is 24.4 Å². The van der Waals surface area contributed by atoms with Gasteiger partial charge in [-0.2, -0.15) is 0 Å². The highest BCUT2D eigenvalue weighted by Crippen LogP contribution is 2.29. The Morgan fingerprint density at radius 2 is 1.91 bits per heavy atom. The van der Waals surface area contributed by atoms with Crippen LogP contribution in [0.5, 0.6) is 0 Å². The number of pyridine rings is 1. The van der Waals surface area contributed by atoms with Gasteiger partial charge in [-0.1, -0.05) is 24.3 Å². The Labute approximate surface area is 130 Å². The molecular formula is C19H21F2N. The zero-order valence-corrected chi connectivity index (χ0v) is 13.4. The SMILES string of the molecule is C/C=C(/C)c1ncc(-c2cccc(C(F)C(C)F)c2)cc1C. The van der Waals surface area contributed by atoms with Crippen molar-refractivity contribution in [2.24, 2.45) is 0 Å². The standard InChI is InChI=1S/C19H21F2N/c1-5-12(2)19-13(3)9-17(11-22-19)15-7-6-8-16(10-15)18(21)14(4)20/h5-11,14,18H,1-4H3/b12-5-. The summed E-state index contributed by atoms with van der Waals surface area (Å²) < 4.78 is 27.0. The van der Waals surface area contributed by atoms with Crippen LogP contribution in [-0.2, 0) is 0 Å². The predicted octanol–water partition coefficient (Wildman–Crippen LogP) is 5.85. The molecule has 116 valence electrons. The van der Waals surface area contributed by atoms with Crippen molar-refractivity contribution in [1.82, 2.24) is 4.98 Å². The second-order valence-corrected chi connectivity index (χ2v) is 5.57. The molecule has 0 aliphatic carbocycles. The van der Waals surface area contributed by atoms with Gasteiger partial charge in [0.05, 0.1) is 5.69 Å². The van der Waals surface area contributed by atoms with Crippen LogP contribution in [-0.4, -0.2) is 11.2 Å². The summed E-state index contributed by atoms with van der Waals surface area (Å²) in [5.74, 6) is 0. The Kier molecular flexibility index (Phi) is 5.07. The number of nitrogens with zero attached hydrogens (tertiary/aromatic N) is 1. The van der Waals surface area contributed by atoms with Crippen molar-refractivity contribution in [3.8, 4) is 11.1 Å². The number of halogens is 2. The summed E-state index contributed by atoms with van der Waals surface area (Å²) in [6.45, 7) is 7.24. The molecule has 0 bridgehead atoms. The topological polar surface area (TPSA) is 12.9 Å². The largest absolute Gasteiger partial charge is 0.256 e. The molecule has 2 aromatic rings. The normalized spacial score (nSPS) is 14.7. The minimum Gasteiger partial charge on any atom is -0.256 e.